The molecule has 1 aromatic rings. The molecule has 2 heterocycles. The van der Waals surface area contributed by atoms with Crippen LogP contribution in [-0.2, 0) is 11.3 Å². The quantitative estimate of drug-likeness (QED) is 0.898. The van der Waals surface area contributed by atoms with Crippen molar-refractivity contribution in [2.75, 3.05) is 0 Å². The predicted molar refractivity (Wildman–Crippen MR) is 80.1 cm³/mol. The van der Waals surface area contributed by atoms with Crippen molar-refractivity contribution in [1.82, 2.24) is 10.2 Å². The molecular formula is C15H24N2OS. The summed E-state index contributed by atoms with van der Waals surface area (Å²) in [6.07, 6.45) is 2.32. The molecule has 0 aromatic carbocycles. The third-order valence-electron chi connectivity index (χ3n) is 3.83. The fraction of sp³-hybridized carbons (Fsp3) is 0.667. The monoisotopic (exact) mass is 280 g/mol. The largest absolute Gasteiger partial charge is 0.321 e. The van der Waals surface area contributed by atoms with Crippen molar-refractivity contribution < 1.29 is 4.79 Å². The first kappa shape index (κ1) is 14.5. The van der Waals surface area contributed by atoms with Crippen LogP contribution in [0.3, 0.4) is 0 Å². The van der Waals surface area contributed by atoms with Gasteiger partial charge in [0.25, 0.3) is 0 Å². The van der Waals surface area contributed by atoms with Gasteiger partial charge < -0.3 is 4.90 Å². The lowest BCUT2D eigenvalue weighted by atomic mass is 10.0. The van der Waals surface area contributed by atoms with Gasteiger partial charge in [-0.05, 0) is 41.1 Å². The molecule has 0 bridgehead atoms. The maximum absolute atomic E-state index is 12.5. The van der Waals surface area contributed by atoms with E-state index in [1.807, 2.05) is 4.90 Å². The molecule has 1 aliphatic heterocycles. The number of nitrogens with one attached hydrogen (secondary N) is 1. The first-order chi connectivity index (χ1) is 9.04. The average molecular weight is 280 g/mol. The predicted octanol–water partition coefficient (Wildman–Crippen LogP) is 3.14. The lowest BCUT2D eigenvalue weighted by Crippen LogP contribution is -2.37. The van der Waals surface area contributed by atoms with Gasteiger partial charge in [-0.25, -0.2) is 0 Å². The fourth-order valence-electron chi connectivity index (χ4n) is 2.61. The van der Waals surface area contributed by atoms with E-state index in [4.69, 9.17) is 0 Å². The lowest BCUT2D eigenvalue weighted by molar-refractivity contribution is -0.131. The van der Waals surface area contributed by atoms with Crippen LogP contribution in [0.25, 0.3) is 0 Å². The smallest absolute Gasteiger partial charge is 0.241 e. The third-order valence-corrected chi connectivity index (χ3v) is 4.74. The van der Waals surface area contributed by atoms with Gasteiger partial charge in [0.2, 0.25) is 5.91 Å². The Morgan fingerprint density at radius 2 is 2.16 bits per heavy atom. The van der Waals surface area contributed by atoms with Crippen LogP contribution in [0.4, 0.5) is 0 Å². The summed E-state index contributed by atoms with van der Waals surface area (Å²) in [5, 5.41) is 7.81. The van der Waals surface area contributed by atoms with Crippen LogP contribution in [0, 0.1) is 12.8 Å². The summed E-state index contributed by atoms with van der Waals surface area (Å²) in [7, 11) is 0. The van der Waals surface area contributed by atoms with E-state index in [9.17, 15) is 4.79 Å². The Bertz CT molecular complexity index is 441. The molecule has 1 N–H and O–H groups in total. The second-order valence-corrected chi connectivity index (χ2v) is 6.48. The van der Waals surface area contributed by atoms with E-state index in [1.165, 1.54) is 11.1 Å². The van der Waals surface area contributed by atoms with E-state index in [-0.39, 0.29) is 18.1 Å². The Kier molecular flexibility index (Phi) is 4.63. The first-order valence-electron chi connectivity index (χ1n) is 7.12. The first-order valence-corrected chi connectivity index (χ1v) is 8.07. The van der Waals surface area contributed by atoms with Crippen LogP contribution in [0.15, 0.2) is 10.8 Å². The molecule has 1 aromatic heterocycles. The number of aryl methyl sites for hydroxylation is 1. The number of carbonyl (C=O) groups is 1. The van der Waals surface area contributed by atoms with E-state index < -0.39 is 0 Å². The van der Waals surface area contributed by atoms with E-state index in [0.29, 0.717) is 5.92 Å². The number of nitrogens with zero attached hydrogens (tertiary/aromatic N) is 1. The molecule has 1 amide bonds. The number of hydrogen-bond donors (Lipinski definition) is 1. The number of thiophene rings is 1. The maximum atomic E-state index is 12.5. The Hall–Kier alpha value is -0.870. The average Bonchev–Trinajstić information content (AvgIpc) is 2.88. The number of carbonyl (C=O) groups excluding carboxylic acids is 1. The molecule has 3 nitrogen and oxygen atoms in total. The van der Waals surface area contributed by atoms with Gasteiger partial charge in [0.15, 0.2) is 0 Å². The van der Waals surface area contributed by atoms with Crippen LogP contribution in [-0.4, -0.2) is 23.0 Å². The zero-order valence-corrected chi connectivity index (χ0v) is 13.1. The van der Waals surface area contributed by atoms with E-state index in [2.05, 4.69) is 43.8 Å². The highest BCUT2D eigenvalue weighted by Crippen LogP contribution is 2.24. The fourth-order valence-corrected chi connectivity index (χ4v) is 3.46. The van der Waals surface area contributed by atoms with Crippen molar-refractivity contribution in [3.63, 3.8) is 0 Å². The Balaban J connectivity index is 2.15. The Morgan fingerprint density at radius 3 is 2.68 bits per heavy atom. The minimum atomic E-state index is -0.0181. The normalized spacial score (nSPS) is 23.6. The second kappa shape index (κ2) is 6.06. The highest BCUT2D eigenvalue weighted by Gasteiger charge is 2.39. The van der Waals surface area contributed by atoms with E-state index in [1.54, 1.807) is 11.3 Å². The van der Waals surface area contributed by atoms with Crippen LogP contribution >= 0.6 is 11.3 Å². The molecule has 19 heavy (non-hydrogen) atoms. The molecular weight excluding hydrogens is 256 g/mol. The van der Waals surface area contributed by atoms with Gasteiger partial charge in [-0.3, -0.25) is 10.1 Å². The summed E-state index contributed by atoms with van der Waals surface area (Å²) in [6.45, 7) is 9.25. The zero-order valence-electron chi connectivity index (χ0n) is 12.3. The number of amides is 1. The van der Waals surface area contributed by atoms with Crippen LogP contribution in [0.5, 0.6) is 0 Å². The van der Waals surface area contributed by atoms with Crippen molar-refractivity contribution in [2.24, 2.45) is 5.92 Å². The van der Waals surface area contributed by atoms with E-state index in [0.717, 1.165) is 19.4 Å². The number of hydrogen-bond acceptors (Lipinski definition) is 3. The topological polar surface area (TPSA) is 32.3 Å². The maximum Gasteiger partial charge on any atom is 0.241 e. The highest BCUT2D eigenvalue weighted by molar-refractivity contribution is 7.08. The van der Waals surface area contributed by atoms with Gasteiger partial charge in [-0.2, -0.15) is 11.3 Å². The molecule has 1 fully saturated rings. The molecule has 2 atom stereocenters. The van der Waals surface area contributed by atoms with Gasteiger partial charge in [-0.1, -0.05) is 27.2 Å². The molecule has 0 saturated carbocycles. The molecule has 2 unspecified atom stereocenters. The van der Waals surface area contributed by atoms with Gasteiger partial charge >= 0.3 is 0 Å². The van der Waals surface area contributed by atoms with E-state index >= 15 is 0 Å². The molecule has 106 valence electrons. The summed E-state index contributed by atoms with van der Waals surface area (Å²) < 4.78 is 0. The standard InChI is InChI=1S/C15H24N2OS/c1-5-6-13-16-14(10(2)3)15(18)17(13)7-12-9-19-8-11(12)4/h8-10,13-14,16H,5-7H2,1-4H3. The molecule has 1 saturated heterocycles. The number of rotatable bonds is 5. The lowest BCUT2D eigenvalue weighted by Gasteiger charge is -2.23. The van der Waals surface area contributed by atoms with Crippen molar-refractivity contribution in [3.05, 3.63) is 21.9 Å². The molecule has 0 aliphatic carbocycles. The molecule has 2 rings (SSSR count). The van der Waals surface area contributed by atoms with Crippen LogP contribution < -0.4 is 5.32 Å². The van der Waals surface area contributed by atoms with Crippen molar-refractivity contribution in [2.45, 2.75) is 59.3 Å². The summed E-state index contributed by atoms with van der Waals surface area (Å²) in [4.78, 5) is 14.6. The molecule has 4 heteroatoms. The zero-order chi connectivity index (χ0) is 14.0. The highest BCUT2D eigenvalue weighted by atomic mass is 32.1. The van der Waals surface area contributed by atoms with Gasteiger partial charge in [0, 0.05) is 6.54 Å². The van der Waals surface area contributed by atoms with Crippen molar-refractivity contribution in [1.29, 1.82) is 0 Å². The SMILES string of the molecule is CCCC1NC(C(C)C)C(=O)N1Cc1cscc1C. The molecule has 0 radical (unpaired) electrons. The van der Waals surface area contributed by atoms with Gasteiger partial charge in [0.1, 0.15) is 0 Å². The second-order valence-electron chi connectivity index (χ2n) is 5.74. The molecule has 1 aliphatic rings. The summed E-state index contributed by atoms with van der Waals surface area (Å²) >= 11 is 1.71. The van der Waals surface area contributed by atoms with Crippen LogP contribution in [0.2, 0.25) is 0 Å². The van der Waals surface area contributed by atoms with Gasteiger partial charge in [0.05, 0.1) is 12.2 Å². The minimum absolute atomic E-state index is 0.0181. The Labute approximate surface area is 120 Å². The summed E-state index contributed by atoms with van der Waals surface area (Å²) in [5.41, 5.74) is 2.58. The van der Waals surface area contributed by atoms with Crippen LogP contribution in [0.1, 0.15) is 44.7 Å². The Morgan fingerprint density at radius 1 is 1.42 bits per heavy atom. The third kappa shape index (κ3) is 3.00. The minimum Gasteiger partial charge on any atom is -0.321 e. The van der Waals surface area contributed by atoms with Crippen molar-refractivity contribution in [3.8, 4) is 0 Å². The van der Waals surface area contributed by atoms with Crippen molar-refractivity contribution >= 4 is 17.2 Å². The van der Waals surface area contributed by atoms with Gasteiger partial charge in [-0.15, -0.1) is 0 Å². The summed E-state index contributed by atoms with van der Waals surface area (Å²) in [5.74, 6) is 0.611. The molecule has 0 spiro atoms. The summed E-state index contributed by atoms with van der Waals surface area (Å²) in [6, 6.07) is -0.0181.